The van der Waals surface area contributed by atoms with E-state index in [0.29, 0.717) is 5.11 Å². The third-order valence-corrected chi connectivity index (χ3v) is 4.26. The molecule has 6 heteroatoms. The molecule has 0 aromatic heterocycles. The Labute approximate surface area is 159 Å². The lowest BCUT2D eigenvalue weighted by Crippen LogP contribution is -2.30. The van der Waals surface area contributed by atoms with Crippen molar-refractivity contribution in [3.8, 4) is 0 Å². The van der Waals surface area contributed by atoms with Crippen molar-refractivity contribution in [2.75, 3.05) is 18.4 Å². The van der Waals surface area contributed by atoms with Crippen LogP contribution in [0.5, 0.6) is 0 Å². The molecule has 3 N–H and O–H groups in total. The Kier molecular flexibility index (Phi) is 8.02. The first-order chi connectivity index (χ1) is 11.1. The van der Waals surface area contributed by atoms with Gasteiger partial charge in [-0.3, -0.25) is 0 Å². The standard InChI is InChI=1S/C17H19Br2N3S/c18-14-9-13(10-15(19)11-14)12-20-7-4-8-21-17(23)22-16-5-2-1-3-6-16/h1-3,5-6,9-11,20H,4,7-8,12H2,(H2,21,22,23). The van der Waals surface area contributed by atoms with Gasteiger partial charge in [0.05, 0.1) is 0 Å². The Morgan fingerprint density at radius 1 is 0.957 bits per heavy atom. The average Bonchev–Trinajstić information content (AvgIpc) is 2.51. The van der Waals surface area contributed by atoms with Gasteiger partial charge in [0.25, 0.3) is 0 Å². The normalized spacial score (nSPS) is 10.3. The van der Waals surface area contributed by atoms with Gasteiger partial charge in [-0.05, 0) is 61.1 Å². The summed E-state index contributed by atoms with van der Waals surface area (Å²) < 4.78 is 2.17. The Bertz CT molecular complexity index is 615. The van der Waals surface area contributed by atoms with Crippen LogP contribution in [0.15, 0.2) is 57.5 Å². The molecule has 0 bridgehead atoms. The van der Waals surface area contributed by atoms with Crippen molar-refractivity contribution < 1.29 is 0 Å². The van der Waals surface area contributed by atoms with Crippen LogP contribution in [0.4, 0.5) is 5.69 Å². The van der Waals surface area contributed by atoms with E-state index in [-0.39, 0.29) is 0 Å². The van der Waals surface area contributed by atoms with E-state index in [4.69, 9.17) is 12.2 Å². The Morgan fingerprint density at radius 2 is 1.65 bits per heavy atom. The van der Waals surface area contributed by atoms with Gasteiger partial charge in [-0.15, -0.1) is 0 Å². The maximum absolute atomic E-state index is 5.27. The van der Waals surface area contributed by atoms with Gasteiger partial charge >= 0.3 is 0 Å². The third-order valence-electron chi connectivity index (χ3n) is 3.10. The van der Waals surface area contributed by atoms with Crippen LogP contribution >= 0.6 is 44.1 Å². The van der Waals surface area contributed by atoms with Crippen LogP contribution in [0.3, 0.4) is 0 Å². The first-order valence-electron chi connectivity index (χ1n) is 7.39. The average molecular weight is 457 g/mol. The summed E-state index contributed by atoms with van der Waals surface area (Å²) in [5.41, 5.74) is 2.25. The molecule has 0 aliphatic carbocycles. The molecule has 0 amide bonds. The van der Waals surface area contributed by atoms with Crippen molar-refractivity contribution >= 4 is 54.9 Å². The minimum absolute atomic E-state index is 0.659. The number of para-hydroxylation sites is 1. The Balaban J connectivity index is 1.58. The van der Waals surface area contributed by atoms with Crippen molar-refractivity contribution in [3.63, 3.8) is 0 Å². The predicted octanol–water partition coefficient (Wildman–Crippen LogP) is 4.68. The quantitative estimate of drug-likeness (QED) is 0.417. The molecule has 2 aromatic carbocycles. The van der Waals surface area contributed by atoms with Gasteiger partial charge in [-0.1, -0.05) is 50.1 Å². The van der Waals surface area contributed by atoms with Crippen molar-refractivity contribution in [2.24, 2.45) is 0 Å². The molecule has 2 aromatic rings. The second kappa shape index (κ2) is 10.0. The second-order valence-electron chi connectivity index (χ2n) is 5.05. The number of anilines is 1. The Hall–Kier alpha value is -0.950. The first-order valence-corrected chi connectivity index (χ1v) is 9.38. The number of halogens is 2. The van der Waals surface area contributed by atoms with Gasteiger partial charge in [-0.2, -0.15) is 0 Å². The van der Waals surface area contributed by atoms with Gasteiger partial charge in [0.15, 0.2) is 5.11 Å². The molecular formula is C17H19Br2N3S. The van der Waals surface area contributed by atoms with Gasteiger partial charge < -0.3 is 16.0 Å². The molecule has 0 radical (unpaired) electrons. The van der Waals surface area contributed by atoms with Gasteiger partial charge in [0.2, 0.25) is 0 Å². The van der Waals surface area contributed by atoms with Crippen molar-refractivity contribution in [2.45, 2.75) is 13.0 Å². The number of thiocarbonyl (C=S) groups is 1. The van der Waals surface area contributed by atoms with Crippen LogP contribution in [0.2, 0.25) is 0 Å². The molecule has 0 saturated heterocycles. The molecule has 0 fully saturated rings. The zero-order valence-electron chi connectivity index (χ0n) is 12.6. The fraction of sp³-hybridized carbons (Fsp3) is 0.235. The minimum Gasteiger partial charge on any atom is -0.362 e. The molecule has 0 unspecified atom stereocenters. The van der Waals surface area contributed by atoms with Crippen LogP contribution in [0, 0.1) is 0 Å². The van der Waals surface area contributed by atoms with Crippen molar-refractivity contribution in [1.82, 2.24) is 10.6 Å². The monoisotopic (exact) mass is 455 g/mol. The highest BCUT2D eigenvalue weighted by Crippen LogP contribution is 2.19. The summed E-state index contributed by atoms with van der Waals surface area (Å²) in [5.74, 6) is 0. The van der Waals surface area contributed by atoms with Crippen molar-refractivity contribution in [1.29, 1.82) is 0 Å². The number of benzene rings is 2. The highest BCUT2D eigenvalue weighted by atomic mass is 79.9. The molecule has 0 spiro atoms. The molecule has 0 aliphatic heterocycles. The van der Waals surface area contributed by atoms with Crippen LogP contribution < -0.4 is 16.0 Å². The zero-order valence-corrected chi connectivity index (χ0v) is 16.6. The molecule has 122 valence electrons. The molecule has 2 rings (SSSR count). The fourth-order valence-electron chi connectivity index (χ4n) is 2.06. The second-order valence-corrected chi connectivity index (χ2v) is 7.29. The largest absolute Gasteiger partial charge is 0.362 e. The number of hydrogen-bond donors (Lipinski definition) is 3. The lowest BCUT2D eigenvalue weighted by molar-refractivity contribution is 0.641. The lowest BCUT2D eigenvalue weighted by atomic mass is 10.2. The highest BCUT2D eigenvalue weighted by Gasteiger charge is 1.98. The summed E-state index contributed by atoms with van der Waals surface area (Å²) >= 11 is 12.3. The molecule has 0 aliphatic rings. The maximum atomic E-state index is 5.27. The molecule has 0 heterocycles. The number of rotatable bonds is 7. The molecule has 3 nitrogen and oxygen atoms in total. The molecule has 0 saturated carbocycles. The van der Waals surface area contributed by atoms with E-state index >= 15 is 0 Å². The fourth-order valence-corrected chi connectivity index (χ4v) is 3.67. The highest BCUT2D eigenvalue weighted by molar-refractivity contribution is 9.11. The van der Waals surface area contributed by atoms with Crippen LogP contribution in [0.1, 0.15) is 12.0 Å². The van der Waals surface area contributed by atoms with E-state index in [1.165, 1.54) is 5.56 Å². The van der Waals surface area contributed by atoms with E-state index in [1.54, 1.807) is 0 Å². The van der Waals surface area contributed by atoms with E-state index < -0.39 is 0 Å². The zero-order chi connectivity index (χ0) is 16.5. The smallest absolute Gasteiger partial charge is 0.170 e. The molecule has 0 atom stereocenters. The molecule has 23 heavy (non-hydrogen) atoms. The summed E-state index contributed by atoms with van der Waals surface area (Å²) in [4.78, 5) is 0. The lowest BCUT2D eigenvalue weighted by Gasteiger charge is -2.11. The summed E-state index contributed by atoms with van der Waals surface area (Å²) in [5, 5.41) is 10.5. The molecular weight excluding hydrogens is 438 g/mol. The number of hydrogen-bond acceptors (Lipinski definition) is 2. The number of nitrogens with one attached hydrogen (secondary N) is 3. The summed E-state index contributed by atoms with van der Waals surface area (Å²) in [6.45, 7) is 2.63. The first kappa shape index (κ1) is 18.4. The van der Waals surface area contributed by atoms with E-state index in [2.05, 4.69) is 59.9 Å². The van der Waals surface area contributed by atoms with Gasteiger partial charge in [0.1, 0.15) is 0 Å². The summed E-state index contributed by atoms with van der Waals surface area (Å²) in [6.07, 6.45) is 1.01. The van der Waals surface area contributed by atoms with E-state index in [9.17, 15) is 0 Å². The van der Waals surface area contributed by atoms with E-state index in [0.717, 1.165) is 40.7 Å². The van der Waals surface area contributed by atoms with Crippen LogP contribution in [-0.4, -0.2) is 18.2 Å². The van der Waals surface area contributed by atoms with Gasteiger partial charge in [-0.25, -0.2) is 0 Å². The third kappa shape index (κ3) is 7.44. The van der Waals surface area contributed by atoms with Crippen LogP contribution in [-0.2, 0) is 6.54 Å². The summed E-state index contributed by atoms with van der Waals surface area (Å²) in [7, 11) is 0. The SMILES string of the molecule is S=C(NCCCNCc1cc(Br)cc(Br)c1)Nc1ccccc1. The van der Waals surface area contributed by atoms with Crippen molar-refractivity contribution in [3.05, 3.63) is 63.0 Å². The Morgan fingerprint density at radius 3 is 2.35 bits per heavy atom. The maximum Gasteiger partial charge on any atom is 0.170 e. The van der Waals surface area contributed by atoms with Gasteiger partial charge in [0, 0.05) is 27.7 Å². The predicted molar refractivity (Wildman–Crippen MR) is 109 cm³/mol. The minimum atomic E-state index is 0.659. The summed E-state index contributed by atoms with van der Waals surface area (Å²) in [6, 6.07) is 16.2. The van der Waals surface area contributed by atoms with Crippen LogP contribution in [0.25, 0.3) is 0 Å². The topological polar surface area (TPSA) is 36.1 Å². The van der Waals surface area contributed by atoms with E-state index in [1.807, 2.05) is 36.4 Å².